The van der Waals surface area contributed by atoms with E-state index >= 15 is 0 Å². The van der Waals surface area contributed by atoms with E-state index in [0.717, 1.165) is 24.3 Å². The number of hydrogen-bond donors (Lipinski definition) is 0. The lowest BCUT2D eigenvalue weighted by Crippen LogP contribution is -2.12. The maximum atomic E-state index is 11.2. The highest BCUT2D eigenvalue weighted by Crippen LogP contribution is 2.17. The van der Waals surface area contributed by atoms with Crippen LogP contribution >= 0.6 is 0 Å². The maximum absolute atomic E-state index is 11.2. The first-order valence-electron chi connectivity index (χ1n) is 4.94. The largest absolute Gasteiger partial charge is 0.259 e. The van der Waals surface area contributed by atoms with E-state index in [-0.39, 0.29) is 0 Å². The first kappa shape index (κ1) is 13.4. The molecule has 0 aliphatic carbocycles. The second-order valence-corrected chi connectivity index (χ2v) is 4.73. The summed E-state index contributed by atoms with van der Waals surface area (Å²) in [5.74, 6) is 1.62. The summed E-state index contributed by atoms with van der Waals surface area (Å²) < 4.78 is 11.2. The van der Waals surface area contributed by atoms with Gasteiger partial charge in [0.25, 0.3) is 0 Å². The van der Waals surface area contributed by atoms with Crippen LogP contribution in [0.1, 0.15) is 26.7 Å². The summed E-state index contributed by atoms with van der Waals surface area (Å²) in [4.78, 5) is 0. The van der Waals surface area contributed by atoms with Gasteiger partial charge in [-0.05, 0) is 25.3 Å². The molecule has 1 unspecified atom stereocenters. The predicted octanol–water partition coefficient (Wildman–Crippen LogP) is 3.22. The SMILES string of the molecule is C=C.CC/C=C\C1=C(C)CCS(=O)C1. The minimum Gasteiger partial charge on any atom is -0.259 e. The highest BCUT2D eigenvalue weighted by Gasteiger charge is 2.11. The van der Waals surface area contributed by atoms with Gasteiger partial charge in [0.05, 0.1) is 0 Å². The summed E-state index contributed by atoms with van der Waals surface area (Å²) in [5, 5.41) is 0. The number of allylic oxidation sites excluding steroid dienone is 3. The van der Waals surface area contributed by atoms with Gasteiger partial charge in [-0.15, -0.1) is 13.2 Å². The summed E-state index contributed by atoms with van der Waals surface area (Å²) in [6.45, 7) is 10.3. The molecular weight excluding hydrogens is 192 g/mol. The zero-order valence-electron chi connectivity index (χ0n) is 9.21. The lowest BCUT2D eigenvalue weighted by molar-refractivity contribution is 0.682. The molecule has 0 amide bonds. The van der Waals surface area contributed by atoms with Gasteiger partial charge in [0.1, 0.15) is 0 Å². The van der Waals surface area contributed by atoms with E-state index in [9.17, 15) is 4.21 Å². The fraction of sp³-hybridized carbons (Fsp3) is 0.500. The van der Waals surface area contributed by atoms with E-state index < -0.39 is 10.8 Å². The third-order valence-electron chi connectivity index (χ3n) is 2.12. The molecule has 0 aromatic carbocycles. The fourth-order valence-corrected chi connectivity index (χ4v) is 2.61. The quantitative estimate of drug-likeness (QED) is 0.642. The molecule has 0 fully saturated rings. The molecule has 1 nitrogen and oxygen atoms in total. The van der Waals surface area contributed by atoms with Crippen LogP contribution in [0.15, 0.2) is 36.5 Å². The van der Waals surface area contributed by atoms with Crippen LogP contribution in [0, 0.1) is 0 Å². The molecule has 2 heteroatoms. The van der Waals surface area contributed by atoms with Gasteiger partial charge in [0, 0.05) is 22.3 Å². The number of rotatable bonds is 2. The Balaban J connectivity index is 0.000000791. The third kappa shape index (κ3) is 4.56. The number of hydrogen-bond acceptors (Lipinski definition) is 1. The molecular formula is C12H20OS. The van der Waals surface area contributed by atoms with Gasteiger partial charge in [0.15, 0.2) is 0 Å². The lowest BCUT2D eigenvalue weighted by Gasteiger charge is -2.14. The van der Waals surface area contributed by atoms with Crippen LogP contribution in [0.5, 0.6) is 0 Å². The van der Waals surface area contributed by atoms with Crippen LogP contribution in [0.3, 0.4) is 0 Å². The zero-order chi connectivity index (χ0) is 11.0. The molecule has 1 aliphatic heterocycles. The van der Waals surface area contributed by atoms with Gasteiger partial charge in [-0.1, -0.05) is 24.6 Å². The average molecular weight is 212 g/mol. The van der Waals surface area contributed by atoms with Gasteiger partial charge in [-0.3, -0.25) is 4.21 Å². The third-order valence-corrected chi connectivity index (χ3v) is 3.42. The summed E-state index contributed by atoms with van der Waals surface area (Å²) in [6, 6.07) is 0. The molecule has 0 aromatic heterocycles. The Labute approximate surface area is 90.1 Å². The van der Waals surface area contributed by atoms with Crippen molar-refractivity contribution in [2.75, 3.05) is 11.5 Å². The van der Waals surface area contributed by atoms with Gasteiger partial charge in [-0.25, -0.2) is 0 Å². The highest BCUT2D eigenvalue weighted by atomic mass is 32.2. The average Bonchev–Trinajstić information content (AvgIpc) is 2.22. The first-order chi connectivity index (χ1) is 6.74. The van der Waals surface area contributed by atoms with Crippen LogP contribution in [0.2, 0.25) is 0 Å². The minimum atomic E-state index is -0.604. The summed E-state index contributed by atoms with van der Waals surface area (Å²) in [6.07, 6.45) is 6.34. The second-order valence-electron chi connectivity index (χ2n) is 3.15. The maximum Gasteiger partial charge on any atom is 0.0485 e. The van der Waals surface area contributed by atoms with Crippen molar-refractivity contribution in [2.45, 2.75) is 26.7 Å². The Morgan fingerprint density at radius 3 is 2.71 bits per heavy atom. The van der Waals surface area contributed by atoms with Crippen LogP contribution in [-0.4, -0.2) is 15.7 Å². The van der Waals surface area contributed by atoms with E-state index in [2.05, 4.69) is 39.2 Å². The topological polar surface area (TPSA) is 17.1 Å². The fourth-order valence-electron chi connectivity index (χ4n) is 1.25. The molecule has 14 heavy (non-hydrogen) atoms. The molecule has 1 aliphatic rings. The molecule has 1 heterocycles. The minimum absolute atomic E-state index is 0.604. The van der Waals surface area contributed by atoms with Crippen LogP contribution < -0.4 is 0 Å². The van der Waals surface area contributed by atoms with E-state index in [4.69, 9.17) is 0 Å². The molecule has 1 rings (SSSR count). The smallest absolute Gasteiger partial charge is 0.0485 e. The van der Waals surface area contributed by atoms with Crippen molar-refractivity contribution >= 4 is 10.8 Å². The van der Waals surface area contributed by atoms with Crippen LogP contribution in [-0.2, 0) is 10.8 Å². The Morgan fingerprint density at radius 2 is 2.14 bits per heavy atom. The molecule has 0 saturated carbocycles. The molecule has 0 bridgehead atoms. The first-order valence-corrected chi connectivity index (χ1v) is 6.43. The van der Waals surface area contributed by atoms with E-state index in [1.807, 2.05) is 0 Å². The van der Waals surface area contributed by atoms with Crippen molar-refractivity contribution in [1.82, 2.24) is 0 Å². The second kappa shape index (κ2) is 7.74. The van der Waals surface area contributed by atoms with E-state index in [1.165, 1.54) is 11.1 Å². The Kier molecular flexibility index (Phi) is 7.40. The Hall–Kier alpha value is -0.630. The monoisotopic (exact) mass is 212 g/mol. The predicted molar refractivity (Wildman–Crippen MR) is 65.9 cm³/mol. The molecule has 0 saturated heterocycles. The van der Waals surface area contributed by atoms with Crippen molar-refractivity contribution in [1.29, 1.82) is 0 Å². The molecule has 1 atom stereocenters. The van der Waals surface area contributed by atoms with Crippen molar-refractivity contribution in [3.05, 3.63) is 36.5 Å². The van der Waals surface area contributed by atoms with Gasteiger partial charge < -0.3 is 0 Å². The molecule has 0 spiro atoms. The van der Waals surface area contributed by atoms with Crippen molar-refractivity contribution in [3.8, 4) is 0 Å². The summed E-state index contributed by atoms with van der Waals surface area (Å²) in [7, 11) is -0.604. The Morgan fingerprint density at radius 1 is 1.50 bits per heavy atom. The van der Waals surface area contributed by atoms with E-state index in [0.29, 0.717) is 0 Å². The van der Waals surface area contributed by atoms with Crippen molar-refractivity contribution in [3.63, 3.8) is 0 Å². The summed E-state index contributed by atoms with van der Waals surface area (Å²) >= 11 is 0. The summed E-state index contributed by atoms with van der Waals surface area (Å²) in [5.41, 5.74) is 2.71. The van der Waals surface area contributed by atoms with E-state index in [1.54, 1.807) is 0 Å². The normalized spacial score (nSPS) is 22.0. The van der Waals surface area contributed by atoms with Crippen LogP contribution in [0.4, 0.5) is 0 Å². The van der Waals surface area contributed by atoms with Crippen LogP contribution in [0.25, 0.3) is 0 Å². The molecule has 0 aromatic rings. The van der Waals surface area contributed by atoms with Crippen molar-refractivity contribution < 1.29 is 4.21 Å². The standard InChI is InChI=1S/C10H16OS.C2H4/c1-3-4-5-10-8-12(11)7-6-9(10)2;1-2/h4-5H,3,6-8H2,1-2H3;1-2H2/b5-4-;. The van der Waals surface area contributed by atoms with Gasteiger partial charge in [0.2, 0.25) is 0 Å². The highest BCUT2D eigenvalue weighted by molar-refractivity contribution is 7.85. The Bertz CT molecular complexity index is 251. The molecule has 0 N–H and O–H groups in total. The van der Waals surface area contributed by atoms with Gasteiger partial charge in [-0.2, -0.15) is 0 Å². The molecule has 80 valence electrons. The van der Waals surface area contributed by atoms with Crippen molar-refractivity contribution in [2.24, 2.45) is 0 Å². The molecule has 0 radical (unpaired) electrons. The zero-order valence-corrected chi connectivity index (χ0v) is 10.0. The van der Waals surface area contributed by atoms with Gasteiger partial charge >= 0.3 is 0 Å². The lowest BCUT2D eigenvalue weighted by atomic mass is 10.1.